The van der Waals surface area contributed by atoms with Crippen LogP contribution in [0.1, 0.15) is 35.1 Å². The molecule has 0 aliphatic rings. The van der Waals surface area contributed by atoms with Gasteiger partial charge in [-0.1, -0.05) is 13.0 Å². The minimum Gasteiger partial charge on any atom is -0.357 e. The zero-order valence-electron chi connectivity index (χ0n) is 17.5. The van der Waals surface area contributed by atoms with Crippen LogP contribution in [-0.4, -0.2) is 33.6 Å². The molecule has 0 amide bonds. The molecule has 0 bridgehead atoms. The van der Waals surface area contributed by atoms with Gasteiger partial charge in [0.15, 0.2) is 5.96 Å². The first-order chi connectivity index (χ1) is 14.1. The lowest BCUT2D eigenvalue weighted by Gasteiger charge is -2.11. The van der Waals surface area contributed by atoms with Gasteiger partial charge in [-0.15, -0.1) is 35.3 Å². The van der Waals surface area contributed by atoms with E-state index >= 15 is 0 Å². The number of halogens is 2. The monoisotopic (exact) mass is 542 g/mol. The topological polar surface area (TPSA) is 67.1 Å². The summed E-state index contributed by atoms with van der Waals surface area (Å²) in [6.45, 7) is 7.91. The number of imidazole rings is 1. The van der Waals surface area contributed by atoms with Crippen LogP contribution in [-0.2, 0) is 19.4 Å². The van der Waals surface area contributed by atoms with E-state index in [-0.39, 0.29) is 29.8 Å². The summed E-state index contributed by atoms with van der Waals surface area (Å²) in [5.41, 5.74) is 1.31. The summed E-state index contributed by atoms with van der Waals surface area (Å²) < 4.78 is 16.3. The molecule has 0 unspecified atom stereocenters. The third kappa shape index (κ3) is 6.49. The number of nitrogens with one attached hydrogen (secondary N) is 2. The molecule has 0 aliphatic carbocycles. The van der Waals surface area contributed by atoms with Crippen LogP contribution in [0.15, 0.2) is 41.8 Å². The van der Waals surface area contributed by atoms with Crippen molar-refractivity contribution in [2.45, 2.75) is 40.2 Å². The first kappa shape index (κ1) is 24.3. The van der Waals surface area contributed by atoms with Crippen molar-refractivity contribution in [1.29, 1.82) is 0 Å². The van der Waals surface area contributed by atoms with Crippen LogP contribution in [0, 0.1) is 12.7 Å². The number of aromatic nitrogens is 3. The van der Waals surface area contributed by atoms with E-state index in [1.165, 1.54) is 10.9 Å². The number of aryl methyl sites for hydroxylation is 2. The molecular weight excluding hydrogens is 514 g/mol. The van der Waals surface area contributed by atoms with Gasteiger partial charge in [-0.25, -0.2) is 19.4 Å². The van der Waals surface area contributed by atoms with Crippen molar-refractivity contribution in [3.63, 3.8) is 0 Å². The molecule has 6 nitrogen and oxygen atoms in total. The Morgan fingerprint density at radius 2 is 2.07 bits per heavy atom. The highest BCUT2D eigenvalue weighted by Crippen LogP contribution is 2.17. The smallest absolute Gasteiger partial charge is 0.191 e. The number of benzene rings is 1. The predicted octanol–water partition coefficient (Wildman–Crippen LogP) is 4.25. The minimum absolute atomic E-state index is 0. The van der Waals surface area contributed by atoms with Crippen molar-refractivity contribution in [2.24, 2.45) is 4.99 Å². The molecule has 30 heavy (non-hydrogen) atoms. The van der Waals surface area contributed by atoms with Crippen molar-refractivity contribution < 1.29 is 4.39 Å². The summed E-state index contributed by atoms with van der Waals surface area (Å²) in [6.07, 6.45) is 7.23. The molecule has 0 atom stereocenters. The fourth-order valence-electron chi connectivity index (χ4n) is 2.90. The molecule has 0 aliphatic heterocycles. The molecule has 2 N–H and O–H groups in total. The number of thiazole rings is 1. The summed E-state index contributed by atoms with van der Waals surface area (Å²) >= 11 is 1.75. The molecule has 162 valence electrons. The number of hydrogen-bond acceptors (Lipinski definition) is 4. The molecule has 0 saturated heterocycles. The van der Waals surface area contributed by atoms with Crippen molar-refractivity contribution in [1.82, 2.24) is 25.2 Å². The Kier molecular flexibility index (Phi) is 9.70. The summed E-state index contributed by atoms with van der Waals surface area (Å²) in [5.74, 6) is 1.18. The summed E-state index contributed by atoms with van der Waals surface area (Å²) in [4.78, 5) is 14.5. The number of hydrogen-bond donors (Lipinski definition) is 2. The number of guanidine groups is 1. The third-order valence-electron chi connectivity index (χ3n) is 4.44. The quantitative estimate of drug-likeness (QED) is 0.254. The van der Waals surface area contributed by atoms with Gasteiger partial charge in [-0.05, 0) is 38.0 Å². The largest absolute Gasteiger partial charge is 0.357 e. The second-order valence-corrected chi connectivity index (χ2v) is 7.78. The lowest BCUT2D eigenvalue weighted by Crippen LogP contribution is -2.38. The maximum atomic E-state index is 14.6. The minimum atomic E-state index is -0.285. The van der Waals surface area contributed by atoms with Crippen LogP contribution in [0.3, 0.4) is 0 Å². The average molecular weight is 542 g/mol. The fourth-order valence-corrected chi connectivity index (χ4v) is 3.77. The summed E-state index contributed by atoms with van der Waals surface area (Å²) in [7, 11) is 0. The Balaban J connectivity index is 0.00000320. The number of aliphatic imine (C=N–C) groups is 1. The van der Waals surface area contributed by atoms with Gasteiger partial charge in [0.1, 0.15) is 11.6 Å². The first-order valence-electron chi connectivity index (χ1n) is 9.85. The van der Waals surface area contributed by atoms with Gasteiger partial charge < -0.3 is 15.2 Å². The van der Waals surface area contributed by atoms with Gasteiger partial charge in [0.25, 0.3) is 0 Å². The lowest BCUT2D eigenvalue weighted by molar-refractivity contribution is 0.614. The van der Waals surface area contributed by atoms with E-state index in [9.17, 15) is 4.39 Å². The van der Waals surface area contributed by atoms with Crippen LogP contribution in [0.4, 0.5) is 4.39 Å². The van der Waals surface area contributed by atoms with E-state index in [0.29, 0.717) is 12.2 Å². The highest BCUT2D eigenvalue weighted by Gasteiger charge is 2.08. The van der Waals surface area contributed by atoms with E-state index in [1.54, 1.807) is 34.4 Å². The van der Waals surface area contributed by atoms with Crippen molar-refractivity contribution in [2.75, 3.05) is 13.1 Å². The van der Waals surface area contributed by atoms with Crippen LogP contribution >= 0.6 is 35.3 Å². The molecule has 0 radical (unpaired) electrons. The maximum Gasteiger partial charge on any atom is 0.191 e. The van der Waals surface area contributed by atoms with Gasteiger partial charge in [-0.3, -0.25) is 0 Å². The number of nitrogens with zero attached hydrogens (tertiary/aromatic N) is 4. The zero-order valence-corrected chi connectivity index (χ0v) is 20.6. The van der Waals surface area contributed by atoms with Gasteiger partial charge >= 0.3 is 0 Å². The Labute approximate surface area is 198 Å². The first-order valence-corrected chi connectivity index (χ1v) is 10.7. The molecular formula is C21H28FIN6S. The van der Waals surface area contributed by atoms with Gasteiger partial charge in [0.2, 0.25) is 0 Å². The number of rotatable bonds is 8. The standard InChI is InChI=1S/C21H27FN6S.HI/c1-4-17-14-26-20(29-17)8-9-25-21(23-5-2)27-13-16-6-7-19(18(22)12-16)28-11-10-24-15(28)3;/h6-7,10-12,14H,4-5,8-9,13H2,1-3H3,(H2,23,25,27);1H. The second kappa shape index (κ2) is 12.0. The molecule has 0 saturated carbocycles. The van der Waals surface area contributed by atoms with E-state index in [0.717, 1.165) is 48.3 Å². The van der Waals surface area contributed by atoms with Crippen LogP contribution in [0.25, 0.3) is 5.69 Å². The fraction of sp³-hybridized carbons (Fsp3) is 0.381. The second-order valence-electron chi connectivity index (χ2n) is 6.58. The highest BCUT2D eigenvalue weighted by molar-refractivity contribution is 14.0. The lowest BCUT2D eigenvalue weighted by atomic mass is 10.2. The Hall–Kier alpha value is -2.01. The van der Waals surface area contributed by atoms with E-state index in [1.807, 2.05) is 26.1 Å². The molecule has 3 rings (SSSR count). The summed E-state index contributed by atoms with van der Waals surface area (Å²) in [6, 6.07) is 5.19. The van der Waals surface area contributed by atoms with Crippen LogP contribution < -0.4 is 10.6 Å². The molecule has 3 aromatic rings. The molecule has 1 aromatic carbocycles. The Morgan fingerprint density at radius 1 is 1.23 bits per heavy atom. The molecule has 2 heterocycles. The third-order valence-corrected chi connectivity index (χ3v) is 5.64. The van der Waals surface area contributed by atoms with Crippen LogP contribution in [0.2, 0.25) is 0 Å². The summed E-state index contributed by atoms with van der Waals surface area (Å²) in [5, 5.41) is 7.67. The normalized spacial score (nSPS) is 11.3. The molecule has 0 fully saturated rings. The van der Waals surface area contributed by atoms with Crippen molar-refractivity contribution in [3.8, 4) is 5.69 Å². The SMILES string of the molecule is CCNC(=NCc1ccc(-n2ccnc2C)c(F)c1)NCCc1ncc(CC)s1.I. The molecule has 0 spiro atoms. The van der Waals surface area contributed by atoms with E-state index < -0.39 is 0 Å². The highest BCUT2D eigenvalue weighted by atomic mass is 127. The zero-order chi connectivity index (χ0) is 20.6. The molecule has 2 aromatic heterocycles. The average Bonchev–Trinajstić information content (AvgIpc) is 3.35. The van der Waals surface area contributed by atoms with Crippen molar-refractivity contribution >= 4 is 41.3 Å². The van der Waals surface area contributed by atoms with Gasteiger partial charge in [-0.2, -0.15) is 0 Å². The van der Waals surface area contributed by atoms with E-state index in [2.05, 4.69) is 32.5 Å². The Morgan fingerprint density at radius 3 is 2.70 bits per heavy atom. The maximum absolute atomic E-state index is 14.6. The van der Waals surface area contributed by atoms with Gasteiger partial charge in [0.05, 0.1) is 17.2 Å². The van der Waals surface area contributed by atoms with E-state index in [4.69, 9.17) is 0 Å². The van der Waals surface area contributed by atoms with Crippen LogP contribution in [0.5, 0.6) is 0 Å². The predicted molar refractivity (Wildman–Crippen MR) is 132 cm³/mol. The Bertz CT molecular complexity index is 968. The molecule has 9 heteroatoms. The van der Waals surface area contributed by atoms with Crippen molar-refractivity contribution in [3.05, 3.63) is 63.9 Å². The van der Waals surface area contributed by atoms with Gasteiger partial charge in [0, 0.05) is 43.0 Å².